The largest absolute Gasteiger partial charge is 0.481 e. The van der Waals surface area contributed by atoms with Gasteiger partial charge in [0.2, 0.25) is 17.0 Å². The summed E-state index contributed by atoms with van der Waals surface area (Å²) in [5.74, 6) is -2.46. The second-order valence-electron chi connectivity index (χ2n) is 7.50. The Morgan fingerprint density at radius 1 is 1.42 bits per heavy atom. The van der Waals surface area contributed by atoms with Gasteiger partial charge in [0, 0.05) is 25.0 Å². The molecular formula is C16H18N6O7S4. The molecule has 0 aromatic carbocycles. The van der Waals surface area contributed by atoms with Gasteiger partial charge >= 0.3 is 5.97 Å². The normalized spacial score (nSPS) is 24.8. The molecule has 2 aromatic heterocycles. The third kappa shape index (κ3) is 4.59. The number of carboxylic acid groups (broad SMARTS) is 1. The fourth-order valence-corrected chi connectivity index (χ4v) is 7.78. The number of anilines is 1. The van der Waals surface area contributed by atoms with E-state index >= 15 is 0 Å². The number of carbonyl (C=O) groups is 3. The lowest BCUT2D eigenvalue weighted by Crippen LogP contribution is -2.74. The zero-order chi connectivity index (χ0) is 24.0. The summed E-state index contributed by atoms with van der Waals surface area (Å²) >= 11 is 3.55. The molecule has 17 heteroatoms. The molecule has 4 heterocycles. The third-order valence-corrected chi connectivity index (χ3v) is 9.45. The Balaban J connectivity index is 1.49. The highest BCUT2D eigenvalue weighted by Crippen LogP contribution is 2.46. The summed E-state index contributed by atoms with van der Waals surface area (Å²) in [6.45, 7) is 1.32. The molecule has 3 atom stereocenters. The van der Waals surface area contributed by atoms with E-state index < -0.39 is 33.4 Å². The number of β-lactam (4-membered cyclic amide) rings is 1. The molecule has 33 heavy (non-hydrogen) atoms. The minimum atomic E-state index is -4.40. The van der Waals surface area contributed by atoms with Gasteiger partial charge in [0.25, 0.3) is 10.1 Å². The number of tetrazole rings is 1. The van der Waals surface area contributed by atoms with Gasteiger partial charge in [0.1, 0.15) is 16.8 Å². The van der Waals surface area contributed by atoms with E-state index in [0.29, 0.717) is 5.00 Å². The third-order valence-electron chi connectivity index (χ3n) is 5.19. The number of aliphatic carboxylic acids is 1. The van der Waals surface area contributed by atoms with Gasteiger partial charge < -0.3 is 10.0 Å². The van der Waals surface area contributed by atoms with Crippen molar-refractivity contribution in [2.75, 3.05) is 23.0 Å². The van der Waals surface area contributed by atoms with Crippen LogP contribution < -0.4 is 4.90 Å². The van der Waals surface area contributed by atoms with Crippen LogP contribution in [0.15, 0.2) is 22.7 Å². The first-order chi connectivity index (χ1) is 15.5. The van der Waals surface area contributed by atoms with Crippen molar-refractivity contribution < 1.29 is 32.5 Å². The van der Waals surface area contributed by atoms with E-state index in [2.05, 4.69) is 15.5 Å². The lowest BCUT2D eigenvalue weighted by Gasteiger charge is -2.55. The van der Waals surface area contributed by atoms with E-state index in [1.165, 1.54) is 39.8 Å². The van der Waals surface area contributed by atoms with Crippen LogP contribution in [-0.4, -0.2) is 90.4 Å². The van der Waals surface area contributed by atoms with Gasteiger partial charge in [-0.2, -0.15) is 8.42 Å². The Bertz CT molecular complexity index is 1190. The molecule has 4 rings (SSSR count). The number of carbonyl (C=O) groups excluding carboxylic acids is 2. The zero-order valence-electron chi connectivity index (χ0n) is 17.0. The Labute approximate surface area is 200 Å². The minimum Gasteiger partial charge on any atom is -0.481 e. The van der Waals surface area contributed by atoms with E-state index in [9.17, 15) is 27.9 Å². The summed E-state index contributed by atoms with van der Waals surface area (Å²) in [6.07, 6.45) is 0. The van der Waals surface area contributed by atoms with Crippen LogP contribution in [0.1, 0.15) is 6.92 Å². The van der Waals surface area contributed by atoms with Crippen molar-refractivity contribution in [2.24, 2.45) is 5.41 Å². The van der Waals surface area contributed by atoms with Crippen LogP contribution in [0.2, 0.25) is 0 Å². The molecule has 0 bridgehead atoms. The number of aromatic nitrogens is 4. The van der Waals surface area contributed by atoms with Gasteiger partial charge in [-0.3, -0.25) is 23.8 Å². The quantitative estimate of drug-likeness (QED) is 0.265. The minimum absolute atomic E-state index is 0.0219. The average molecular weight is 535 g/mol. The summed E-state index contributed by atoms with van der Waals surface area (Å²) in [7, 11) is -4.40. The van der Waals surface area contributed by atoms with Gasteiger partial charge in [-0.25, -0.2) is 4.68 Å². The number of thioether (sulfide) groups is 2. The fourth-order valence-electron chi connectivity index (χ4n) is 3.62. The van der Waals surface area contributed by atoms with Crippen LogP contribution in [0, 0.1) is 5.41 Å². The first-order valence-corrected chi connectivity index (χ1v) is 13.9. The molecule has 0 saturated carbocycles. The number of nitrogens with zero attached hydrogens (tertiary/aromatic N) is 6. The van der Waals surface area contributed by atoms with E-state index in [-0.39, 0.29) is 40.4 Å². The van der Waals surface area contributed by atoms with Crippen LogP contribution in [0.3, 0.4) is 0 Å². The second kappa shape index (κ2) is 8.86. The molecule has 2 unspecified atom stereocenters. The van der Waals surface area contributed by atoms with Crippen molar-refractivity contribution in [1.82, 2.24) is 25.1 Å². The fraction of sp³-hybridized carbons (Fsp3) is 0.500. The summed E-state index contributed by atoms with van der Waals surface area (Å²) in [5, 5.41) is 22.6. The number of rotatable bonds is 8. The Morgan fingerprint density at radius 3 is 2.79 bits per heavy atom. The molecule has 2 N–H and O–H groups in total. The predicted octanol–water partition coefficient (Wildman–Crippen LogP) is 0.0798. The maximum absolute atomic E-state index is 13.0. The van der Waals surface area contributed by atoms with Crippen LogP contribution in [0.4, 0.5) is 5.00 Å². The summed E-state index contributed by atoms with van der Waals surface area (Å²) in [5.41, 5.74) is -1.34. The molecule has 2 fully saturated rings. The van der Waals surface area contributed by atoms with E-state index in [1.54, 1.807) is 12.1 Å². The van der Waals surface area contributed by atoms with Crippen LogP contribution in [0.25, 0.3) is 0 Å². The number of thiophene rings is 1. The van der Waals surface area contributed by atoms with Gasteiger partial charge in [0.15, 0.2) is 5.88 Å². The maximum Gasteiger partial charge on any atom is 0.313 e. The van der Waals surface area contributed by atoms with Gasteiger partial charge in [-0.05, 0) is 27.9 Å². The van der Waals surface area contributed by atoms with Crippen molar-refractivity contribution in [1.29, 1.82) is 0 Å². The SMILES string of the molecule is CC(=O)N(c1cccs1)C1C(=O)N2CC(CSc3nnnn3CS(=O)(=O)O)(C(=O)O)CS[C@H]12. The molecule has 13 nitrogen and oxygen atoms in total. The Morgan fingerprint density at radius 2 is 2.18 bits per heavy atom. The van der Waals surface area contributed by atoms with Crippen molar-refractivity contribution in [2.45, 2.75) is 29.4 Å². The predicted molar refractivity (Wildman–Crippen MR) is 119 cm³/mol. The number of hydrogen-bond donors (Lipinski definition) is 2. The molecular weight excluding hydrogens is 516 g/mol. The molecule has 0 spiro atoms. The first-order valence-electron chi connectivity index (χ1n) is 9.35. The molecule has 2 aliphatic rings. The Hall–Kier alpha value is -2.21. The molecule has 2 amide bonds. The number of carboxylic acids is 1. The highest BCUT2D eigenvalue weighted by Gasteiger charge is 2.59. The van der Waals surface area contributed by atoms with Crippen molar-refractivity contribution in [3.63, 3.8) is 0 Å². The average Bonchev–Trinajstić information content (AvgIpc) is 3.40. The summed E-state index contributed by atoms with van der Waals surface area (Å²) in [6, 6.07) is 2.84. The van der Waals surface area contributed by atoms with E-state index in [0.717, 1.165) is 16.4 Å². The lowest BCUT2D eigenvalue weighted by molar-refractivity contribution is -0.156. The van der Waals surface area contributed by atoms with Crippen molar-refractivity contribution in [3.8, 4) is 0 Å². The number of amides is 2. The van der Waals surface area contributed by atoms with Gasteiger partial charge in [0.05, 0.1) is 5.00 Å². The Kier molecular flexibility index (Phi) is 6.43. The molecule has 2 aromatic rings. The number of hydrogen-bond acceptors (Lipinski definition) is 11. The lowest BCUT2D eigenvalue weighted by atomic mass is 9.89. The monoisotopic (exact) mass is 534 g/mol. The standard InChI is InChI=1S/C16H18N6O7S4/c1-9(23)22(10-3-2-4-30-10)11-12(24)20-5-16(14(25)26,6-31-13(11)20)7-32-15-17-18-19-21(15)8-33(27,28)29/h2-4,11,13H,5-8H2,1H3,(H,25,26)(H,27,28,29)/t11?,13-,16?/m1/s1. The number of fused-ring (bicyclic) bond motifs is 1. The second-order valence-corrected chi connectivity index (χ2v) is 11.9. The van der Waals surface area contributed by atoms with Crippen LogP contribution >= 0.6 is 34.9 Å². The highest BCUT2D eigenvalue weighted by atomic mass is 32.2. The summed E-state index contributed by atoms with van der Waals surface area (Å²) < 4.78 is 32.1. The molecule has 0 radical (unpaired) electrons. The maximum atomic E-state index is 13.0. The van der Waals surface area contributed by atoms with Crippen molar-refractivity contribution in [3.05, 3.63) is 17.5 Å². The molecule has 2 saturated heterocycles. The smallest absolute Gasteiger partial charge is 0.313 e. The molecule has 178 valence electrons. The van der Waals surface area contributed by atoms with Crippen LogP contribution in [0.5, 0.6) is 0 Å². The first kappa shape index (κ1) is 23.9. The van der Waals surface area contributed by atoms with Gasteiger partial charge in [-0.1, -0.05) is 11.8 Å². The topological polar surface area (TPSA) is 176 Å². The van der Waals surface area contributed by atoms with Crippen LogP contribution in [-0.2, 0) is 30.4 Å². The highest BCUT2D eigenvalue weighted by molar-refractivity contribution is 8.00. The summed E-state index contributed by atoms with van der Waals surface area (Å²) in [4.78, 5) is 40.4. The van der Waals surface area contributed by atoms with E-state index in [1.807, 2.05) is 5.38 Å². The zero-order valence-corrected chi connectivity index (χ0v) is 20.2. The molecule has 0 aliphatic carbocycles. The molecule has 2 aliphatic heterocycles. The van der Waals surface area contributed by atoms with Crippen molar-refractivity contribution >= 4 is 67.8 Å². The van der Waals surface area contributed by atoms with Gasteiger partial charge in [-0.15, -0.1) is 28.2 Å². The van der Waals surface area contributed by atoms with E-state index in [4.69, 9.17) is 4.55 Å².